The maximum Gasteiger partial charge on any atom is 0.136 e. The fourth-order valence-corrected chi connectivity index (χ4v) is 10.1. The van der Waals surface area contributed by atoms with Gasteiger partial charge in [0.15, 0.2) is 0 Å². The zero-order valence-electron chi connectivity index (χ0n) is 46.0. The molecule has 360 valence electrons. The quantitative estimate of drug-likeness (QED) is 0.154. The van der Waals surface area contributed by atoms with Crippen molar-refractivity contribution in [2.75, 3.05) is 0 Å². The van der Waals surface area contributed by atoms with E-state index in [-0.39, 0.29) is 61.5 Å². The Balaban J connectivity index is 0.00000616. The number of para-hydroxylation sites is 3. The van der Waals surface area contributed by atoms with E-state index in [1.165, 1.54) is 5.56 Å². The minimum absolute atomic E-state index is 0. The molecule has 8 aromatic carbocycles. The van der Waals surface area contributed by atoms with E-state index >= 15 is 0 Å². The van der Waals surface area contributed by atoms with Crippen LogP contribution in [0.15, 0.2) is 187 Å². The van der Waals surface area contributed by atoms with Gasteiger partial charge in [0.2, 0.25) is 0 Å². The van der Waals surface area contributed by atoms with Crippen molar-refractivity contribution in [3.05, 3.63) is 211 Å². The van der Waals surface area contributed by atoms with Gasteiger partial charge in [0.05, 0.1) is 11.0 Å². The molecule has 1 aliphatic rings. The third-order valence-corrected chi connectivity index (χ3v) is 14.0. The molecule has 0 saturated heterocycles. The van der Waals surface area contributed by atoms with E-state index in [2.05, 4.69) is 217 Å². The number of nitrogens with zero attached hydrogens (tertiary/aromatic N) is 4. The van der Waals surface area contributed by atoms with E-state index in [0.717, 1.165) is 77.1 Å². The first-order valence-electron chi connectivity index (χ1n) is 26.4. The summed E-state index contributed by atoms with van der Waals surface area (Å²) in [5, 5.41) is 6.11. The summed E-state index contributed by atoms with van der Waals surface area (Å²) in [6, 6.07) is 59.7. The van der Waals surface area contributed by atoms with Gasteiger partial charge >= 0.3 is 0 Å². The van der Waals surface area contributed by atoms with Gasteiger partial charge in [0.25, 0.3) is 0 Å². The molecule has 11 aromatic rings. The Morgan fingerprint density at radius 3 is 1.93 bits per heavy atom. The van der Waals surface area contributed by atoms with E-state index in [0.29, 0.717) is 38.6 Å². The molecular weight excluding hydrogens is 1060 g/mol. The van der Waals surface area contributed by atoms with Crippen LogP contribution >= 0.6 is 0 Å². The number of rotatable bonds is 1. The Morgan fingerprint density at radius 1 is 0.528 bits per heavy atom. The predicted octanol–water partition coefficient (Wildman–Crippen LogP) is 17.7. The van der Waals surface area contributed by atoms with Crippen LogP contribution in [0.2, 0.25) is 0 Å². The summed E-state index contributed by atoms with van der Waals surface area (Å²) in [4.78, 5) is 5.46. The van der Waals surface area contributed by atoms with Crippen LogP contribution in [0, 0.1) is 12.1 Å². The molecule has 0 saturated carbocycles. The van der Waals surface area contributed by atoms with Crippen molar-refractivity contribution in [1.29, 1.82) is 0 Å². The van der Waals surface area contributed by atoms with Crippen LogP contribution in [-0.4, -0.2) is 18.5 Å². The van der Waals surface area contributed by atoms with Gasteiger partial charge < -0.3 is 18.0 Å². The average molecular weight is 1120 g/mol. The summed E-state index contributed by atoms with van der Waals surface area (Å²) >= 11 is 0. The molecule has 6 heteroatoms. The number of imidazole rings is 1. The molecular formula is C66H57N4OPt-3. The number of hydrogen-bond acceptors (Lipinski definition) is 2. The summed E-state index contributed by atoms with van der Waals surface area (Å²) < 4.78 is 49.8. The Labute approximate surface area is 441 Å². The van der Waals surface area contributed by atoms with Crippen molar-refractivity contribution in [3.63, 3.8) is 0 Å². The van der Waals surface area contributed by atoms with Crippen LogP contribution in [0.5, 0.6) is 0 Å². The summed E-state index contributed by atoms with van der Waals surface area (Å²) in [7, 11) is 0. The smallest absolute Gasteiger partial charge is 0.136 e. The van der Waals surface area contributed by atoms with Gasteiger partial charge in [-0.2, -0.15) is 23.8 Å². The first-order chi connectivity index (χ1) is 35.7. The molecule has 0 amide bonds. The van der Waals surface area contributed by atoms with Crippen molar-refractivity contribution in [1.82, 2.24) is 18.5 Å². The summed E-state index contributed by atoms with van der Waals surface area (Å²) in [6.45, 7) is 19.9. The first kappa shape index (κ1) is 42.4. The van der Waals surface area contributed by atoms with Crippen LogP contribution in [-0.2, 0) is 37.3 Å². The Morgan fingerprint density at radius 2 is 1.18 bits per heavy atom. The van der Waals surface area contributed by atoms with E-state index in [1.807, 2.05) is 28.7 Å². The normalized spacial score (nSPS) is 13.2. The standard InChI is InChI=1S/C66H57N4O.Pt/c1-64(2,3)45-33-48-39-50(34-45)71-49-30-31-54-53-26-15-16-27-58(53)70(61(54)40-49)62-38-47(66(7,8)9)37-57(67-62)44-23-19-22-43(32-44)51-24-13-14-25-52(51)56-36-46(65(4,5)6)35-55(42-20-11-10-12-21-42)63(56)69-41-68(48)59-28-17-18-29-60(59)69;/h10-38,41H,1-9H3;/q-3;/i15D,16D,26D,27D;. The van der Waals surface area contributed by atoms with Crippen LogP contribution in [0.25, 0.3) is 105 Å². The molecule has 4 heterocycles. The number of benzene rings is 8. The minimum Gasteiger partial charge on any atom is -0.510 e. The molecule has 0 radical (unpaired) electrons. The second kappa shape index (κ2) is 17.5. The fraction of sp³-hybridized carbons (Fsp3) is 0.182. The molecule has 12 rings (SSSR count). The van der Waals surface area contributed by atoms with Crippen molar-refractivity contribution in [2.24, 2.45) is 0 Å². The van der Waals surface area contributed by atoms with Gasteiger partial charge in [-0.25, -0.2) is 4.98 Å². The third-order valence-electron chi connectivity index (χ3n) is 14.0. The van der Waals surface area contributed by atoms with Gasteiger partial charge in [-0.3, -0.25) is 0 Å². The monoisotopic (exact) mass is 1120 g/mol. The van der Waals surface area contributed by atoms with E-state index in [4.69, 9.17) is 12.1 Å². The zero-order chi connectivity index (χ0) is 52.5. The van der Waals surface area contributed by atoms with Crippen LogP contribution in [0.4, 0.5) is 0 Å². The van der Waals surface area contributed by atoms with Gasteiger partial charge in [-0.1, -0.05) is 195 Å². The third kappa shape index (κ3) is 8.18. The minimum atomic E-state index is -0.337. The first-order valence-corrected chi connectivity index (χ1v) is 24.4. The summed E-state index contributed by atoms with van der Waals surface area (Å²) in [5.41, 5.74) is 11.4. The van der Waals surface area contributed by atoms with Crippen LogP contribution < -0.4 is 0 Å². The molecule has 0 aliphatic carbocycles. The topological polar surface area (TPSA) is 40.3 Å². The molecule has 72 heavy (non-hydrogen) atoms. The number of fused-ring (bicyclic) bond motifs is 23. The molecule has 0 atom stereocenters. The maximum atomic E-state index is 9.44. The van der Waals surface area contributed by atoms with Gasteiger partial charge in [0, 0.05) is 49.5 Å². The number of hydrogen-bond donors (Lipinski definition) is 0. The van der Waals surface area contributed by atoms with Gasteiger partial charge in [-0.05, 0) is 107 Å². The van der Waals surface area contributed by atoms with Crippen LogP contribution in [0.3, 0.4) is 0 Å². The van der Waals surface area contributed by atoms with Crippen molar-refractivity contribution in [2.45, 2.75) is 78.6 Å². The summed E-state index contributed by atoms with van der Waals surface area (Å²) in [6.07, 6.45) is 2.19. The van der Waals surface area contributed by atoms with Crippen molar-refractivity contribution >= 4 is 82.1 Å². The van der Waals surface area contributed by atoms with Crippen molar-refractivity contribution in [3.8, 4) is 22.5 Å². The van der Waals surface area contributed by atoms with E-state index in [1.54, 1.807) is 0 Å². The van der Waals surface area contributed by atoms with Gasteiger partial charge in [0.1, 0.15) is 5.65 Å². The van der Waals surface area contributed by atoms with Crippen molar-refractivity contribution < 1.29 is 31.0 Å². The molecule has 0 unspecified atom stereocenters. The molecule has 0 spiro atoms. The Kier molecular flexibility index (Phi) is 10.3. The summed E-state index contributed by atoms with van der Waals surface area (Å²) in [5.74, 6) is 0. The SMILES string of the molecule is [2H]c1c([2H])c([2H])c2c(c1[2H])c1ccc3[c-]c1n2c1cc(C(C)(C)C)cc(n1)c1cccc(c1)c1ccccc1c1cc(C(C)(C)C)cc(-c2ccccc2)c1n1[cH-]n(c2[c-]c(cc(C(C)(C)C)c2)o3)-c2ccccc2-1.[Pt]. The average Bonchev–Trinajstić information content (AvgIpc) is 4.01. The fourth-order valence-electron chi connectivity index (χ4n) is 10.1. The maximum absolute atomic E-state index is 9.44. The van der Waals surface area contributed by atoms with E-state index < -0.39 is 0 Å². The second-order valence-electron chi connectivity index (χ2n) is 22.0. The van der Waals surface area contributed by atoms with E-state index in [9.17, 15) is 2.74 Å². The zero-order valence-corrected chi connectivity index (χ0v) is 44.3. The largest absolute Gasteiger partial charge is 0.510 e. The number of pyridine rings is 1. The molecule has 5 nitrogen and oxygen atoms in total. The van der Waals surface area contributed by atoms with Gasteiger partial charge in [-0.15, -0.1) is 29.1 Å². The predicted molar refractivity (Wildman–Crippen MR) is 299 cm³/mol. The molecule has 0 N–H and O–H groups in total. The second-order valence-corrected chi connectivity index (χ2v) is 22.0. The Hall–Kier alpha value is -7.33. The molecule has 0 fully saturated rings. The Bertz CT molecular complexity index is 4470. The number of aromatic nitrogens is 4. The molecule has 10 bridgehead atoms. The molecule has 3 aromatic heterocycles. The van der Waals surface area contributed by atoms with Crippen LogP contribution in [0.1, 0.15) is 84.5 Å². The molecule has 1 aliphatic heterocycles.